The van der Waals surface area contributed by atoms with Gasteiger partial charge in [0.2, 0.25) is 0 Å². The van der Waals surface area contributed by atoms with E-state index in [1.807, 2.05) is 12.1 Å². The maximum absolute atomic E-state index is 13.5. The van der Waals surface area contributed by atoms with Crippen molar-refractivity contribution >= 4 is 0 Å². The van der Waals surface area contributed by atoms with E-state index in [2.05, 4.69) is 9.97 Å². The number of nitrogens with zero attached hydrogens (tertiary/aromatic N) is 1. The highest BCUT2D eigenvalue weighted by Crippen LogP contribution is 2.27. The van der Waals surface area contributed by atoms with Crippen molar-refractivity contribution in [1.82, 2.24) is 9.97 Å². The fraction of sp³-hybridized carbons (Fsp3) is 0.118. The van der Waals surface area contributed by atoms with Gasteiger partial charge in [-0.1, -0.05) is 24.3 Å². The first-order valence-electron chi connectivity index (χ1n) is 6.70. The fourth-order valence-corrected chi connectivity index (χ4v) is 2.49. The number of benzene rings is 2. The second kappa shape index (κ2) is 5.87. The molecule has 1 heterocycles. The van der Waals surface area contributed by atoms with E-state index in [0.717, 1.165) is 16.8 Å². The summed E-state index contributed by atoms with van der Waals surface area (Å²) in [7, 11) is 0. The molecule has 0 amide bonds. The smallest absolute Gasteiger partial charge is 0.123 e. The number of hydrogen-bond donors (Lipinski definition) is 1. The summed E-state index contributed by atoms with van der Waals surface area (Å²) in [4.78, 5) is 7.09. The van der Waals surface area contributed by atoms with Crippen molar-refractivity contribution in [2.75, 3.05) is 0 Å². The second-order valence-electron chi connectivity index (χ2n) is 4.95. The molecule has 2 aromatic carbocycles. The van der Waals surface area contributed by atoms with Gasteiger partial charge in [-0.05, 0) is 41.8 Å². The standard InChI is InChI=1S/C17H14F2N2/c18-14-5-1-3-12(7-14)8-16(17-10-20-11-21-17)13-4-2-6-15(19)9-13/h1-7,9-11,16H,8H2,(H,20,21). The highest BCUT2D eigenvalue weighted by Gasteiger charge is 2.17. The summed E-state index contributed by atoms with van der Waals surface area (Å²) >= 11 is 0. The predicted octanol–water partition coefficient (Wildman–Crippen LogP) is 4.06. The van der Waals surface area contributed by atoms with E-state index in [0.29, 0.717) is 6.42 Å². The van der Waals surface area contributed by atoms with Gasteiger partial charge in [0.25, 0.3) is 0 Å². The van der Waals surface area contributed by atoms with Gasteiger partial charge in [-0.25, -0.2) is 13.8 Å². The highest BCUT2D eigenvalue weighted by molar-refractivity contribution is 5.31. The van der Waals surface area contributed by atoms with Gasteiger partial charge in [0.05, 0.1) is 6.33 Å². The van der Waals surface area contributed by atoms with E-state index in [4.69, 9.17) is 0 Å². The molecule has 0 aliphatic heterocycles. The largest absolute Gasteiger partial charge is 0.348 e. The van der Waals surface area contributed by atoms with Gasteiger partial charge >= 0.3 is 0 Å². The Morgan fingerprint density at radius 2 is 1.76 bits per heavy atom. The van der Waals surface area contributed by atoms with Gasteiger partial charge in [0.1, 0.15) is 11.6 Å². The topological polar surface area (TPSA) is 28.7 Å². The van der Waals surface area contributed by atoms with Gasteiger partial charge in [0.15, 0.2) is 0 Å². The van der Waals surface area contributed by atoms with Crippen LogP contribution >= 0.6 is 0 Å². The molecule has 106 valence electrons. The van der Waals surface area contributed by atoms with E-state index in [1.165, 1.54) is 24.3 Å². The highest BCUT2D eigenvalue weighted by atomic mass is 19.1. The Morgan fingerprint density at radius 3 is 2.43 bits per heavy atom. The SMILES string of the molecule is Fc1cccc(CC(c2cccc(F)c2)c2cnc[nH]2)c1. The first-order chi connectivity index (χ1) is 10.2. The first-order valence-corrected chi connectivity index (χ1v) is 6.70. The Hall–Kier alpha value is -2.49. The monoisotopic (exact) mass is 284 g/mol. The van der Waals surface area contributed by atoms with E-state index in [-0.39, 0.29) is 17.6 Å². The average Bonchev–Trinajstić information content (AvgIpc) is 2.99. The molecule has 0 aliphatic rings. The minimum Gasteiger partial charge on any atom is -0.348 e. The summed E-state index contributed by atoms with van der Waals surface area (Å²) in [6.07, 6.45) is 3.88. The van der Waals surface area contributed by atoms with Crippen molar-refractivity contribution in [2.24, 2.45) is 0 Å². The molecule has 0 radical (unpaired) electrons. The van der Waals surface area contributed by atoms with Crippen molar-refractivity contribution in [3.05, 3.63) is 89.5 Å². The molecular weight excluding hydrogens is 270 g/mol. The van der Waals surface area contributed by atoms with Crippen molar-refractivity contribution in [1.29, 1.82) is 0 Å². The molecule has 2 nitrogen and oxygen atoms in total. The molecule has 1 N–H and O–H groups in total. The summed E-state index contributed by atoms with van der Waals surface area (Å²) in [5.41, 5.74) is 2.58. The summed E-state index contributed by atoms with van der Waals surface area (Å²) < 4.78 is 26.8. The van der Waals surface area contributed by atoms with Crippen LogP contribution in [0.2, 0.25) is 0 Å². The number of hydrogen-bond acceptors (Lipinski definition) is 1. The number of aromatic nitrogens is 2. The minimum atomic E-state index is -0.281. The van der Waals surface area contributed by atoms with Crippen LogP contribution in [0.4, 0.5) is 8.78 Å². The zero-order chi connectivity index (χ0) is 14.7. The summed E-state index contributed by atoms with van der Waals surface area (Å²) in [6.45, 7) is 0. The molecule has 1 aromatic heterocycles. The third-order valence-electron chi connectivity index (χ3n) is 3.47. The molecule has 1 atom stereocenters. The number of imidazole rings is 1. The van der Waals surface area contributed by atoms with E-state index in [1.54, 1.807) is 24.7 Å². The minimum absolute atomic E-state index is 0.0926. The van der Waals surface area contributed by atoms with Gasteiger partial charge in [-0.3, -0.25) is 0 Å². The molecular formula is C17H14F2N2. The lowest BCUT2D eigenvalue weighted by Gasteiger charge is -2.16. The van der Waals surface area contributed by atoms with Crippen LogP contribution in [-0.2, 0) is 6.42 Å². The number of rotatable bonds is 4. The van der Waals surface area contributed by atoms with Crippen LogP contribution in [0.25, 0.3) is 0 Å². The predicted molar refractivity (Wildman–Crippen MR) is 76.9 cm³/mol. The van der Waals surface area contributed by atoms with Crippen LogP contribution in [-0.4, -0.2) is 9.97 Å². The molecule has 1 unspecified atom stereocenters. The summed E-state index contributed by atoms with van der Waals surface area (Å²) in [5.74, 6) is -0.642. The maximum Gasteiger partial charge on any atom is 0.123 e. The van der Waals surface area contributed by atoms with Gasteiger partial charge in [-0.2, -0.15) is 0 Å². The molecule has 0 saturated carbocycles. The Bertz CT molecular complexity index is 723. The molecule has 0 fully saturated rings. The number of halogens is 2. The van der Waals surface area contributed by atoms with Crippen LogP contribution in [0.15, 0.2) is 61.1 Å². The van der Waals surface area contributed by atoms with Crippen LogP contribution in [0, 0.1) is 11.6 Å². The molecule has 3 aromatic rings. The van der Waals surface area contributed by atoms with Crippen LogP contribution in [0.1, 0.15) is 22.7 Å². The molecule has 3 rings (SSSR count). The lowest BCUT2D eigenvalue weighted by Crippen LogP contribution is -2.06. The molecule has 21 heavy (non-hydrogen) atoms. The summed E-state index contributed by atoms with van der Waals surface area (Å²) in [6, 6.07) is 12.9. The average molecular weight is 284 g/mol. The van der Waals surface area contributed by atoms with Crippen molar-refractivity contribution in [2.45, 2.75) is 12.3 Å². The Kier molecular flexibility index (Phi) is 3.77. The van der Waals surface area contributed by atoms with Crippen LogP contribution in [0.3, 0.4) is 0 Å². The summed E-state index contributed by atoms with van der Waals surface area (Å²) in [5, 5.41) is 0. The fourth-order valence-electron chi connectivity index (χ4n) is 2.49. The van der Waals surface area contributed by atoms with Gasteiger partial charge < -0.3 is 4.98 Å². The van der Waals surface area contributed by atoms with Crippen LogP contribution in [0.5, 0.6) is 0 Å². The lowest BCUT2D eigenvalue weighted by molar-refractivity contribution is 0.618. The second-order valence-corrected chi connectivity index (χ2v) is 4.95. The van der Waals surface area contributed by atoms with Crippen molar-refractivity contribution in [3.8, 4) is 0 Å². The quantitative estimate of drug-likeness (QED) is 0.769. The Morgan fingerprint density at radius 1 is 1.00 bits per heavy atom. The molecule has 0 bridgehead atoms. The third kappa shape index (κ3) is 3.16. The van der Waals surface area contributed by atoms with E-state index in [9.17, 15) is 8.78 Å². The molecule has 0 saturated heterocycles. The zero-order valence-corrected chi connectivity index (χ0v) is 11.3. The van der Waals surface area contributed by atoms with Crippen LogP contribution < -0.4 is 0 Å². The maximum atomic E-state index is 13.5. The molecule has 4 heteroatoms. The third-order valence-corrected chi connectivity index (χ3v) is 3.47. The number of H-pyrrole nitrogens is 1. The van der Waals surface area contributed by atoms with Crippen molar-refractivity contribution in [3.63, 3.8) is 0 Å². The first kappa shape index (κ1) is 13.5. The zero-order valence-electron chi connectivity index (χ0n) is 11.3. The molecule has 0 spiro atoms. The Labute approximate surface area is 121 Å². The number of aromatic amines is 1. The lowest BCUT2D eigenvalue weighted by atomic mass is 9.89. The Balaban J connectivity index is 1.97. The van der Waals surface area contributed by atoms with Crippen molar-refractivity contribution < 1.29 is 8.78 Å². The normalized spacial score (nSPS) is 12.3. The number of nitrogens with one attached hydrogen (secondary N) is 1. The van der Waals surface area contributed by atoms with Gasteiger partial charge in [0, 0.05) is 17.8 Å². The molecule has 0 aliphatic carbocycles. The van der Waals surface area contributed by atoms with E-state index >= 15 is 0 Å². The van der Waals surface area contributed by atoms with E-state index < -0.39 is 0 Å². The van der Waals surface area contributed by atoms with Gasteiger partial charge in [-0.15, -0.1) is 0 Å².